The number of halogens is 1. The number of carbonyl (C=O) groups excluding carboxylic acids is 3. The summed E-state index contributed by atoms with van der Waals surface area (Å²) in [7, 11) is 1.44. The molecule has 0 radical (unpaired) electrons. The third-order valence-corrected chi connectivity index (χ3v) is 4.98. The van der Waals surface area contributed by atoms with Gasteiger partial charge in [0.05, 0.1) is 12.3 Å². The van der Waals surface area contributed by atoms with E-state index in [0.717, 1.165) is 4.90 Å². The summed E-state index contributed by atoms with van der Waals surface area (Å²) in [5, 5.41) is 20.8. The van der Waals surface area contributed by atoms with Gasteiger partial charge in [-0.1, -0.05) is 6.08 Å². The quantitative estimate of drug-likeness (QED) is 0.625. The molecule has 156 valence electrons. The summed E-state index contributed by atoms with van der Waals surface area (Å²) in [4.78, 5) is 38.3. The second kappa shape index (κ2) is 8.58. The SMILES string of the molecule is CNC(=O)[C@@H]1COC(=O)N1c1ccc(C2=CCN(C(=O)[C@@H](O)CO)CC2)c(F)c1. The molecular formula is C19H22FN3O6. The first-order valence-electron chi connectivity index (χ1n) is 9.11. The Kier molecular flexibility index (Phi) is 6.14. The number of aliphatic hydroxyl groups excluding tert-OH is 2. The molecule has 0 unspecified atom stereocenters. The van der Waals surface area contributed by atoms with Gasteiger partial charge in [-0.05, 0) is 30.2 Å². The molecule has 2 heterocycles. The van der Waals surface area contributed by atoms with Crippen LogP contribution in [0.3, 0.4) is 0 Å². The number of aliphatic hydroxyl groups is 2. The largest absolute Gasteiger partial charge is 0.446 e. The number of carbonyl (C=O) groups is 3. The molecule has 0 saturated carbocycles. The van der Waals surface area contributed by atoms with Crippen molar-refractivity contribution in [2.24, 2.45) is 0 Å². The van der Waals surface area contributed by atoms with Crippen molar-refractivity contribution in [3.8, 4) is 0 Å². The molecule has 1 fully saturated rings. The zero-order valence-corrected chi connectivity index (χ0v) is 15.8. The fraction of sp³-hybridized carbons (Fsp3) is 0.421. The van der Waals surface area contributed by atoms with Crippen molar-refractivity contribution in [3.63, 3.8) is 0 Å². The molecule has 0 aliphatic carbocycles. The van der Waals surface area contributed by atoms with E-state index in [1.807, 2.05) is 0 Å². The molecule has 3 rings (SSSR count). The monoisotopic (exact) mass is 407 g/mol. The molecule has 1 saturated heterocycles. The van der Waals surface area contributed by atoms with Crippen LogP contribution in [-0.4, -0.2) is 78.5 Å². The van der Waals surface area contributed by atoms with Crippen LogP contribution in [0.25, 0.3) is 5.57 Å². The number of nitrogens with zero attached hydrogens (tertiary/aromatic N) is 2. The lowest BCUT2D eigenvalue weighted by molar-refractivity contribution is -0.141. The van der Waals surface area contributed by atoms with E-state index in [-0.39, 0.29) is 25.4 Å². The molecule has 3 amide bonds. The lowest BCUT2D eigenvalue weighted by atomic mass is 9.98. The highest BCUT2D eigenvalue weighted by Gasteiger charge is 2.39. The summed E-state index contributed by atoms with van der Waals surface area (Å²) in [6.07, 6.45) is -0.137. The Labute approximate surface area is 166 Å². The number of likely N-dealkylation sites (N-methyl/N-ethyl adjacent to an activating group) is 1. The molecule has 29 heavy (non-hydrogen) atoms. The minimum Gasteiger partial charge on any atom is -0.446 e. The molecule has 0 aromatic heterocycles. The number of hydrogen-bond donors (Lipinski definition) is 3. The Morgan fingerprint density at radius 3 is 2.76 bits per heavy atom. The van der Waals surface area contributed by atoms with Crippen LogP contribution < -0.4 is 10.2 Å². The normalized spacial score (nSPS) is 20.2. The molecule has 2 aliphatic rings. The van der Waals surface area contributed by atoms with Crippen LogP contribution in [0.15, 0.2) is 24.3 Å². The maximum Gasteiger partial charge on any atom is 0.415 e. The summed E-state index contributed by atoms with van der Waals surface area (Å²) in [5.41, 5.74) is 1.22. The summed E-state index contributed by atoms with van der Waals surface area (Å²) in [6, 6.07) is 3.35. The molecule has 1 aromatic carbocycles. The lowest BCUT2D eigenvalue weighted by Gasteiger charge is -2.28. The van der Waals surface area contributed by atoms with Crippen molar-refractivity contribution in [1.29, 1.82) is 0 Å². The highest BCUT2D eigenvalue weighted by molar-refractivity contribution is 6.00. The first-order valence-corrected chi connectivity index (χ1v) is 9.11. The minimum atomic E-state index is -1.46. The summed E-state index contributed by atoms with van der Waals surface area (Å²) >= 11 is 0. The van der Waals surface area contributed by atoms with Gasteiger partial charge in [-0.2, -0.15) is 0 Å². The van der Waals surface area contributed by atoms with E-state index >= 15 is 0 Å². The molecule has 3 N–H and O–H groups in total. The third kappa shape index (κ3) is 4.08. The Hall–Kier alpha value is -2.98. The Morgan fingerprint density at radius 2 is 2.17 bits per heavy atom. The van der Waals surface area contributed by atoms with Crippen LogP contribution >= 0.6 is 0 Å². The van der Waals surface area contributed by atoms with Crippen LogP contribution in [0.4, 0.5) is 14.9 Å². The fourth-order valence-corrected chi connectivity index (χ4v) is 3.38. The zero-order chi connectivity index (χ0) is 21.1. The molecule has 2 aliphatic heterocycles. The molecule has 9 nitrogen and oxygen atoms in total. The third-order valence-electron chi connectivity index (χ3n) is 4.98. The Bertz CT molecular complexity index is 858. The smallest absolute Gasteiger partial charge is 0.415 e. The van der Waals surface area contributed by atoms with Crippen molar-refractivity contribution in [1.82, 2.24) is 10.2 Å². The van der Waals surface area contributed by atoms with Gasteiger partial charge in [0.15, 0.2) is 12.1 Å². The van der Waals surface area contributed by atoms with E-state index < -0.39 is 42.5 Å². The van der Waals surface area contributed by atoms with Crippen LogP contribution in [0.1, 0.15) is 12.0 Å². The first-order chi connectivity index (χ1) is 13.9. The van der Waals surface area contributed by atoms with Crippen LogP contribution in [-0.2, 0) is 14.3 Å². The second-order valence-corrected chi connectivity index (χ2v) is 6.70. The number of hydrogen-bond acceptors (Lipinski definition) is 6. The Balaban J connectivity index is 1.78. The number of amides is 3. The highest BCUT2D eigenvalue weighted by atomic mass is 19.1. The van der Waals surface area contributed by atoms with Crippen molar-refractivity contribution in [2.75, 3.05) is 38.3 Å². The maximum absolute atomic E-state index is 14.8. The van der Waals surface area contributed by atoms with Gasteiger partial charge in [-0.25, -0.2) is 9.18 Å². The van der Waals surface area contributed by atoms with Gasteiger partial charge in [0.25, 0.3) is 5.91 Å². The number of cyclic esters (lactones) is 1. The van der Waals surface area contributed by atoms with E-state index in [1.54, 1.807) is 6.08 Å². The van der Waals surface area contributed by atoms with Crippen molar-refractivity contribution < 1.29 is 33.7 Å². The molecule has 10 heteroatoms. The van der Waals surface area contributed by atoms with Gasteiger partial charge in [0, 0.05) is 25.7 Å². The fourth-order valence-electron chi connectivity index (χ4n) is 3.38. The van der Waals surface area contributed by atoms with Crippen molar-refractivity contribution in [3.05, 3.63) is 35.7 Å². The van der Waals surface area contributed by atoms with Gasteiger partial charge in [0.2, 0.25) is 5.91 Å². The van der Waals surface area contributed by atoms with Crippen molar-refractivity contribution >= 4 is 29.2 Å². The lowest BCUT2D eigenvalue weighted by Crippen LogP contribution is -2.44. The van der Waals surface area contributed by atoms with Crippen LogP contribution in [0.2, 0.25) is 0 Å². The van der Waals surface area contributed by atoms with Gasteiger partial charge in [-0.15, -0.1) is 0 Å². The number of benzene rings is 1. The van der Waals surface area contributed by atoms with Crippen LogP contribution in [0, 0.1) is 5.82 Å². The standard InChI is InChI=1S/C19H22FN3O6/c1-21-17(26)15-10-29-19(28)23(15)12-2-3-13(14(20)8-12)11-4-6-22(7-5-11)18(27)16(25)9-24/h2-4,8,15-16,24-25H,5-7,9-10H2,1H3,(H,21,26)/t15-,16-/m0/s1. The molecular weight excluding hydrogens is 385 g/mol. The number of rotatable bonds is 5. The van der Waals surface area contributed by atoms with E-state index in [0.29, 0.717) is 17.6 Å². The van der Waals surface area contributed by atoms with Gasteiger partial charge >= 0.3 is 6.09 Å². The average Bonchev–Trinajstić information content (AvgIpc) is 3.13. The highest BCUT2D eigenvalue weighted by Crippen LogP contribution is 2.30. The maximum atomic E-state index is 14.8. The topological polar surface area (TPSA) is 119 Å². The average molecular weight is 407 g/mol. The van der Waals surface area contributed by atoms with E-state index in [4.69, 9.17) is 9.84 Å². The van der Waals surface area contributed by atoms with Gasteiger partial charge in [-0.3, -0.25) is 14.5 Å². The number of ether oxygens (including phenoxy) is 1. The molecule has 2 atom stereocenters. The summed E-state index contributed by atoms with van der Waals surface area (Å²) in [6.45, 7) is -0.307. The Morgan fingerprint density at radius 1 is 1.41 bits per heavy atom. The van der Waals surface area contributed by atoms with E-state index in [1.165, 1.54) is 30.1 Å². The predicted molar refractivity (Wildman–Crippen MR) is 100 cm³/mol. The molecule has 0 bridgehead atoms. The molecule has 0 spiro atoms. The van der Waals surface area contributed by atoms with E-state index in [2.05, 4.69) is 5.32 Å². The van der Waals surface area contributed by atoms with E-state index in [9.17, 15) is 23.9 Å². The zero-order valence-electron chi connectivity index (χ0n) is 15.8. The van der Waals surface area contributed by atoms with Gasteiger partial charge in [0.1, 0.15) is 12.4 Å². The minimum absolute atomic E-state index is 0.114. The summed E-state index contributed by atoms with van der Waals surface area (Å²) in [5.74, 6) is -1.56. The van der Waals surface area contributed by atoms with Crippen LogP contribution in [0.5, 0.6) is 0 Å². The predicted octanol–water partition coefficient (Wildman–Crippen LogP) is -0.134. The second-order valence-electron chi connectivity index (χ2n) is 6.70. The van der Waals surface area contributed by atoms with Crippen molar-refractivity contribution in [2.45, 2.75) is 18.6 Å². The number of nitrogens with one attached hydrogen (secondary N) is 1. The number of anilines is 1. The molecule has 1 aromatic rings. The summed E-state index contributed by atoms with van der Waals surface area (Å²) < 4.78 is 19.7. The van der Waals surface area contributed by atoms with Gasteiger partial charge < -0.3 is 25.2 Å². The first kappa shape index (κ1) is 20.7.